The van der Waals surface area contributed by atoms with Gasteiger partial charge in [-0.25, -0.2) is 4.98 Å². The van der Waals surface area contributed by atoms with Crippen LogP contribution in [0.3, 0.4) is 0 Å². The molecule has 1 fully saturated rings. The zero-order chi connectivity index (χ0) is 11.4. The minimum absolute atomic E-state index is 0.552. The van der Waals surface area contributed by atoms with Crippen molar-refractivity contribution in [1.29, 1.82) is 0 Å². The summed E-state index contributed by atoms with van der Waals surface area (Å²) in [5, 5.41) is 4.14. The van der Waals surface area contributed by atoms with Crippen LogP contribution in [0.15, 0.2) is 18.3 Å². The van der Waals surface area contributed by atoms with Crippen molar-refractivity contribution < 1.29 is 0 Å². The molecular weight excluding hydrogens is 222 g/mol. The molecule has 1 saturated heterocycles. The predicted octanol–water partition coefficient (Wildman–Crippen LogP) is 2.63. The number of likely N-dealkylation sites (tertiary alicyclic amines) is 1. The minimum Gasteiger partial charge on any atom is -0.367 e. The zero-order valence-corrected chi connectivity index (χ0v) is 10.4. The van der Waals surface area contributed by atoms with Crippen molar-refractivity contribution >= 4 is 17.4 Å². The van der Waals surface area contributed by atoms with Crippen LogP contribution in [0.4, 0.5) is 5.82 Å². The normalized spacial score (nSPS) is 18.6. The molecule has 16 heavy (non-hydrogen) atoms. The van der Waals surface area contributed by atoms with Gasteiger partial charge in [0, 0.05) is 25.3 Å². The van der Waals surface area contributed by atoms with Gasteiger partial charge in [0.25, 0.3) is 0 Å². The van der Waals surface area contributed by atoms with Crippen molar-refractivity contribution in [1.82, 2.24) is 9.88 Å². The molecule has 0 spiro atoms. The molecule has 0 atom stereocenters. The third-order valence-electron chi connectivity index (χ3n) is 3.11. The average molecular weight is 240 g/mol. The summed E-state index contributed by atoms with van der Waals surface area (Å²) in [6, 6.07) is 4.36. The zero-order valence-electron chi connectivity index (χ0n) is 9.62. The van der Waals surface area contributed by atoms with Gasteiger partial charge in [-0.1, -0.05) is 18.5 Å². The molecule has 3 nitrogen and oxygen atoms in total. The van der Waals surface area contributed by atoms with E-state index in [9.17, 15) is 0 Å². The first-order valence-corrected chi connectivity index (χ1v) is 6.26. The van der Waals surface area contributed by atoms with Gasteiger partial charge in [0.15, 0.2) is 0 Å². The molecule has 88 valence electrons. The van der Waals surface area contributed by atoms with Crippen LogP contribution in [0, 0.1) is 0 Å². The van der Waals surface area contributed by atoms with E-state index in [1.54, 1.807) is 6.20 Å². The first kappa shape index (κ1) is 11.7. The molecule has 1 aliphatic heterocycles. The highest BCUT2D eigenvalue weighted by atomic mass is 35.5. The number of hydrogen-bond acceptors (Lipinski definition) is 3. The molecule has 0 unspecified atom stereocenters. The lowest BCUT2D eigenvalue weighted by Gasteiger charge is -2.31. The summed E-state index contributed by atoms with van der Waals surface area (Å²) in [4.78, 5) is 6.73. The Balaban J connectivity index is 1.84. The Morgan fingerprint density at radius 1 is 1.44 bits per heavy atom. The molecule has 2 heterocycles. The van der Waals surface area contributed by atoms with Crippen LogP contribution in [-0.2, 0) is 0 Å². The van der Waals surface area contributed by atoms with Crippen molar-refractivity contribution in [2.24, 2.45) is 0 Å². The maximum absolute atomic E-state index is 5.80. The Hall–Kier alpha value is -0.800. The van der Waals surface area contributed by atoms with E-state index in [-0.39, 0.29) is 0 Å². The smallest absolute Gasteiger partial charge is 0.126 e. The number of rotatable bonds is 3. The van der Waals surface area contributed by atoms with Crippen molar-refractivity contribution in [3.05, 3.63) is 23.4 Å². The molecule has 0 aliphatic carbocycles. The number of anilines is 1. The molecular formula is C12H18ClN3. The molecule has 2 rings (SSSR count). The lowest BCUT2D eigenvalue weighted by atomic mass is 10.1. The van der Waals surface area contributed by atoms with Crippen molar-refractivity contribution in [2.45, 2.75) is 25.8 Å². The molecule has 1 aromatic heterocycles. The van der Waals surface area contributed by atoms with Crippen LogP contribution in [-0.4, -0.2) is 35.6 Å². The lowest BCUT2D eigenvalue weighted by Crippen LogP contribution is -2.38. The Kier molecular flexibility index (Phi) is 4.02. The van der Waals surface area contributed by atoms with Gasteiger partial charge in [-0.2, -0.15) is 0 Å². The van der Waals surface area contributed by atoms with Gasteiger partial charge in [0.05, 0.1) is 5.02 Å². The van der Waals surface area contributed by atoms with E-state index < -0.39 is 0 Å². The summed E-state index contributed by atoms with van der Waals surface area (Å²) in [7, 11) is 0. The van der Waals surface area contributed by atoms with Gasteiger partial charge in [-0.3, -0.25) is 0 Å². The van der Waals surface area contributed by atoms with E-state index in [0.29, 0.717) is 11.1 Å². The number of aromatic nitrogens is 1. The average Bonchev–Trinajstić information content (AvgIpc) is 2.33. The summed E-state index contributed by atoms with van der Waals surface area (Å²) < 4.78 is 0. The van der Waals surface area contributed by atoms with E-state index in [4.69, 9.17) is 11.6 Å². The number of nitrogens with zero attached hydrogens (tertiary/aromatic N) is 2. The molecule has 1 aromatic rings. The molecule has 0 amide bonds. The molecule has 0 bridgehead atoms. The summed E-state index contributed by atoms with van der Waals surface area (Å²) in [5.41, 5.74) is 0. The molecule has 0 saturated carbocycles. The Morgan fingerprint density at radius 2 is 2.19 bits per heavy atom. The summed E-state index contributed by atoms with van der Waals surface area (Å²) >= 11 is 5.80. The molecule has 1 aliphatic rings. The van der Waals surface area contributed by atoms with Crippen LogP contribution in [0.25, 0.3) is 0 Å². The van der Waals surface area contributed by atoms with Crippen LogP contribution in [0.1, 0.15) is 19.8 Å². The lowest BCUT2D eigenvalue weighted by molar-refractivity contribution is 0.229. The number of pyridine rings is 1. The van der Waals surface area contributed by atoms with Gasteiger partial charge >= 0.3 is 0 Å². The van der Waals surface area contributed by atoms with Crippen molar-refractivity contribution in [2.75, 3.05) is 25.0 Å². The van der Waals surface area contributed by atoms with Crippen molar-refractivity contribution in [3.63, 3.8) is 0 Å². The predicted molar refractivity (Wildman–Crippen MR) is 68.0 cm³/mol. The summed E-state index contributed by atoms with van der Waals surface area (Å²) in [6.07, 6.45) is 4.07. The summed E-state index contributed by atoms with van der Waals surface area (Å²) in [6.45, 7) is 5.74. The SMILES string of the molecule is CCN1CCC(Nc2ccc(Cl)cn2)CC1. The second-order valence-corrected chi connectivity index (χ2v) is 4.65. The fourth-order valence-corrected chi connectivity index (χ4v) is 2.18. The van der Waals surface area contributed by atoms with Gasteiger partial charge < -0.3 is 10.2 Å². The number of halogens is 1. The van der Waals surface area contributed by atoms with E-state index in [0.717, 1.165) is 12.4 Å². The van der Waals surface area contributed by atoms with E-state index >= 15 is 0 Å². The molecule has 1 N–H and O–H groups in total. The van der Waals surface area contributed by atoms with E-state index in [1.807, 2.05) is 12.1 Å². The fourth-order valence-electron chi connectivity index (χ4n) is 2.06. The maximum atomic E-state index is 5.80. The first-order chi connectivity index (χ1) is 7.78. The number of nitrogens with one attached hydrogen (secondary N) is 1. The summed E-state index contributed by atoms with van der Waals surface area (Å²) in [5.74, 6) is 0.930. The topological polar surface area (TPSA) is 28.2 Å². The van der Waals surface area contributed by atoms with Gasteiger partial charge in [-0.05, 0) is 31.5 Å². The minimum atomic E-state index is 0.552. The first-order valence-electron chi connectivity index (χ1n) is 5.88. The monoisotopic (exact) mass is 239 g/mol. The van der Waals surface area contributed by atoms with Crippen molar-refractivity contribution in [3.8, 4) is 0 Å². The second-order valence-electron chi connectivity index (χ2n) is 4.21. The Morgan fingerprint density at radius 3 is 2.75 bits per heavy atom. The fraction of sp³-hybridized carbons (Fsp3) is 0.583. The highest BCUT2D eigenvalue weighted by Gasteiger charge is 2.17. The van der Waals surface area contributed by atoms with E-state index in [2.05, 4.69) is 22.1 Å². The third kappa shape index (κ3) is 3.09. The molecule has 0 aromatic carbocycles. The van der Waals surface area contributed by atoms with Crippen LogP contribution in [0.5, 0.6) is 0 Å². The Labute approximate surface area is 102 Å². The standard InChI is InChI=1S/C12H18ClN3/c1-2-16-7-5-11(6-8-16)15-12-4-3-10(13)9-14-12/h3-4,9,11H,2,5-8H2,1H3,(H,14,15). The van der Waals surface area contributed by atoms with Crippen LogP contribution >= 0.6 is 11.6 Å². The quantitative estimate of drug-likeness (QED) is 0.879. The van der Waals surface area contributed by atoms with Crippen LogP contribution < -0.4 is 5.32 Å². The van der Waals surface area contributed by atoms with E-state index in [1.165, 1.54) is 25.9 Å². The highest BCUT2D eigenvalue weighted by molar-refractivity contribution is 6.30. The van der Waals surface area contributed by atoms with Crippen LogP contribution in [0.2, 0.25) is 5.02 Å². The molecule has 0 radical (unpaired) electrons. The second kappa shape index (κ2) is 5.51. The number of hydrogen-bond donors (Lipinski definition) is 1. The van der Waals surface area contributed by atoms with Gasteiger partial charge in [-0.15, -0.1) is 0 Å². The third-order valence-corrected chi connectivity index (χ3v) is 3.34. The van der Waals surface area contributed by atoms with Gasteiger partial charge in [0.1, 0.15) is 5.82 Å². The maximum Gasteiger partial charge on any atom is 0.126 e. The largest absolute Gasteiger partial charge is 0.367 e. The molecule has 4 heteroatoms. The van der Waals surface area contributed by atoms with Gasteiger partial charge in [0.2, 0.25) is 0 Å². The highest BCUT2D eigenvalue weighted by Crippen LogP contribution is 2.16. The number of piperidine rings is 1. The Bertz CT molecular complexity index is 318.